The zero-order valence-electron chi connectivity index (χ0n) is 22.6. The van der Waals surface area contributed by atoms with Crippen molar-refractivity contribution in [2.45, 2.75) is 111 Å². The van der Waals surface area contributed by atoms with E-state index < -0.39 is 0 Å². The summed E-state index contributed by atoms with van der Waals surface area (Å²) in [5.74, 6) is 2.64. The lowest BCUT2D eigenvalue weighted by molar-refractivity contribution is -0.197. The van der Waals surface area contributed by atoms with Gasteiger partial charge < -0.3 is 14.2 Å². The van der Waals surface area contributed by atoms with Gasteiger partial charge in [0, 0.05) is 26.2 Å². The van der Waals surface area contributed by atoms with Crippen LogP contribution >= 0.6 is 0 Å². The van der Waals surface area contributed by atoms with Crippen LogP contribution in [0.5, 0.6) is 0 Å². The molecule has 4 saturated carbocycles. The van der Waals surface area contributed by atoms with Crippen molar-refractivity contribution in [2.75, 3.05) is 7.11 Å². The third kappa shape index (κ3) is 4.87. The summed E-state index contributed by atoms with van der Waals surface area (Å²) < 4.78 is 16.6. The van der Waals surface area contributed by atoms with Gasteiger partial charge in [0.1, 0.15) is 12.2 Å². The third-order valence-corrected chi connectivity index (χ3v) is 11.0. The fourth-order valence-corrected chi connectivity index (χ4v) is 9.54. The molecule has 0 amide bonds. The summed E-state index contributed by atoms with van der Waals surface area (Å²) in [6.45, 7) is 10.3. The number of hydrogen-bond acceptors (Lipinski definition) is 6. The maximum Gasteiger partial charge on any atom is 0.305 e. The Bertz CT molecular complexity index is 824. The van der Waals surface area contributed by atoms with E-state index in [-0.39, 0.29) is 46.9 Å². The van der Waals surface area contributed by atoms with Crippen LogP contribution in [0.1, 0.15) is 98.8 Å². The van der Waals surface area contributed by atoms with Gasteiger partial charge in [-0.25, -0.2) is 0 Å². The normalized spacial score (nSPS) is 43.2. The lowest BCUT2D eigenvalue weighted by Crippen LogP contribution is -2.59. The van der Waals surface area contributed by atoms with E-state index in [2.05, 4.69) is 20.8 Å². The molecule has 0 bridgehead atoms. The first-order valence-electron chi connectivity index (χ1n) is 13.9. The summed E-state index contributed by atoms with van der Waals surface area (Å²) in [6, 6.07) is 0. The summed E-state index contributed by atoms with van der Waals surface area (Å²) in [4.78, 5) is 35.6. The lowest BCUT2D eigenvalue weighted by Gasteiger charge is -2.62. The Kier molecular flexibility index (Phi) is 7.60. The Morgan fingerprint density at radius 1 is 0.857 bits per heavy atom. The fourth-order valence-electron chi connectivity index (χ4n) is 9.54. The molecule has 0 aliphatic heterocycles. The van der Waals surface area contributed by atoms with E-state index in [4.69, 9.17) is 14.2 Å². The molecule has 35 heavy (non-hydrogen) atoms. The zero-order chi connectivity index (χ0) is 25.5. The lowest BCUT2D eigenvalue weighted by atomic mass is 9.43. The molecule has 0 heterocycles. The summed E-state index contributed by atoms with van der Waals surface area (Å²) in [7, 11) is 1.47. The third-order valence-electron chi connectivity index (χ3n) is 11.0. The molecule has 10 atom stereocenters. The summed E-state index contributed by atoms with van der Waals surface area (Å²) in [5, 5.41) is 0. The number of rotatable bonds is 6. The van der Waals surface area contributed by atoms with E-state index in [0.717, 1.165) is 32.1 Å². The number of fused-ring (bicyclic) bond motifs is 5. The van der Waals surface area contributed by atoms with Crippen LogP contribution in [0.2, 0.25) is 0 Å². The monoisotopic (exact) mass is 490 g/mol. The molecule has 0 aromatic heterocycles. The van der Waals surface area contributed by atoms with Gasteiger partial charge >= 0.3 is 17.9 Å². The van der Waals surface area contributed by atoms with Crippen molar-refractivity contribution < 1.29 is 28.6 Å². The number of esters is 3. The van der Waals surface area contributed by atoms with E-state index in [0.29, 0.717) is 36.0 Å². The van der Waals surface area contributed by atoms with Crippen LogP contribution in [-0.2, 0) is 28.6 Å². The van der Waals surface area contributed by atoms with Gasteiger partial charge in [0.15, 0.2) is 0 Å². The first-order chi connectivity index (χ1) is 16.5. The van der Waals surface area contributed by atoms with Crippen molar-refractivity contribution in [3.05, 3.63) is 0 Å². The van der Waals surface area contributed by atoms with Gasteiger partial charge in [0.25, 0.3) is 0 Å². The summed E-state index contributed by atoms with van der Waals surface area (Å²) in [5.41, 5.74) is 0.380. The first-order valence-corrected chi connectivity index (χ1v) is 13.9. The Morgan fingerprint density at radius 2 is 1.51 bits per heavy atom. The molecule has 198 valence electrons. The molecular formula is C29H46O6. The van der Waals surface area contributed by atoms with Crippen molar-refractivity contribution in [1.82, 2.24) is 0 Å². The smallest absolute Gasteiger partial charge is 0.305 e. The Labute approximate surface area is 211 Å². The Hall–Kier alpha value is -1.59. The average Bonchev–Trinajstić information content (AvgIpc) is 3.14. The van der Waals surface area contributed by atoms with Gasteiger partial charge in [0.05, 0.1) is 7.11 Å². The van der Waals surface area contributed by atoms with Crippen molar-refractivity contribution in [2.24, 2.45) is 46.3 Å². The minimum absolute atomic E-state index is 0.0689. The van der Waals surface area contributed by atoms with Crippen LogP contribution < -0.4 is 0 Å². The van der Waals surface area contributed by atoms with Crippen molar-refractivity contribution in [3.8, 4) is 0 Å². The standard InChI is InChI=1S/C29H46O6/c1-17(7-10-27(32)33-6)22-8-9-23-21-16-26(35-19(3)31)25-15-20(34-18(2)30)11-13-29(25,5)24(21)12-14-28(22,23)4/h17,20-26H,7-16H2,1-6H3/t17-,20-,21+,22-,23+,24+,25?,26?,28-,29-/m1/s1. The summed E-state index contributed by atoms with van der Waals surface area (Å²) >= 11 is 0. The molecule has 4 fully saturated rings. The van der Waals surface area contributed by atoms with E-state index in [1.54, 1.807) is 0 Å². The van der Waals surface area contributed by atoms with Gasteiger partial charge in [-0.1, -0.05) is 20.8 Å². The van der Waals surface area contributed by atoms with Gasteiger partial charge in [0.2, 0.25) is 0 Å². The Balaban J connectivity index is 1.56. The van der Waals surface area contributed by atoms with Gasteiger partial charge in [-0.15, -0.1) is 0 Å². The second-order valence-electron chi connectivity index (χ2n) is 12.7. The highest BCUT2D eigenvalue weighted by Crippen LogP contribution is 2.68. The largest absolute Gasteiger partial charge is 0.469 e. The second-order valence-corrected chi connectivity index (χ2v) is 12.7. The number of carbonyl (C=O) groups is 3. The number of hydrogen-bond donors (Lipinski definition) is 0. The van der Waals surface area contributed by atoms with Crippen molar-refractivity contribution in [1.29, 1.82) is 0 Å². The van der Waals surface area contributed by atoms with Crippen LogP contribution in [0, 0.1) is 46.3 Å². The van der Waals surface area contributed by atoms with E-state index in [9.17, 15) is 14.4 Å². The van der Waals surface area contributed by atoms with Crippen LogP contribution in [0.3, 0.4) is 0 Å². The highest BCUT2D eigenvalue weighted by molar-refractivity contribution is 5.69. The van der Waals surface area contributed by atoms with E-state index in [1.807, 2.05) is 0 Å². The molecule has 0 saturated heterocycles. The molecule has 0 N–H and O–H groups in total. The van der Waals surface area contributed by atoms with Gasteiger partial charge in [-0.3, -0.25) is 14.4 Å². The SMILES string of the molecule is COC(=O)CC[C@@H](C)[C@H]1CC[C@H]2[C@@H]3CC(OC(C)=O)C4C[C@H](OC(C)=O)CC[C@]4(C)[C@H]3CC[C@]12C. The molecule has 4 aliphatic rings. The van der Waals surface area contributed by atoms with Crippen molar-refractivity contribution in [3.63, 3.8) is 0 Å². The predicted octanol–water partition coefficient (Wildman–Crippen LogP) is 5.71. The molecule has 0 spiro atoms. The number of methoxy groups -OCH3 is 1. The van der Waals surface area contributed by atoms with Crippen molar-refractivity contribution >= 4 is 17.9 Å². The number of carbonyl (C=O) groups excluding carboxylic acids is 3. The van der Waals surface area contributed by atoms with Crippen LogP contribution in [-0.4, -0.2) is 37.2 Å². The Morgan fingerprint density at radius 3 is 2.17 bits per heavy atom. The van der Waals surface area contributed by atoms with Gasteiger partial charge in [-0.2, -0.15) is 0 Å². The molecule has 0 aromatic carbocycles. The van der Waals surface area contributed by atoms with E-state index >= 15 is 0 Å². The molecule has 0 radical (unpaired) electrons. The molecule has 2 unspecified atom stereocenters. The van der Waals surface area contributed by atoms with Crippen LogP contribution in [0.25, 0.3) is 0 Å². The fraction of sp³-hybridized carbons (Fsp3) is 0.897. The highest BCUT2D eigenvalue weighted by Gasteiger charge is 2.63. The van der Waals surface area contributed by atoms with Gasteiger partial charge in [-0.05, 0) is 98.2 Å². The average molecular weight is 491 g/mol. The minimum atomic E-state index is -0.219. The topological polar surface area (TPSA) is 78.9 Å². The molecule has 0 aromatic rings. The van der Waals surface area contributed by atoms with E-state index in [1.165, 1.54) is 46.6 Å². The van der Waals surface area contributed by atoms with Crippen LogP contribution in [0.15, 0.2) is 0 Å². The molecule has 4 aliphatic carbocycles. The molecule has 6 nitrogen and oxygen atoms in total. The maximum atomic E-state index is 12.1. The minimum Gasteiger partial charge on any atom is -0.469 e. The molecule has 6 heteroatoms. The predicted molar refractivity (Wildman–Crippen MR) is 132 cm³/mol. The first kappa shape index (κ1) is 26.5. The highest BCUT2D eigenvalue weighted by atomic mass is 16.5. The zero-order valence-corrected chi connectivity index (χ0v) is 22.6. The maximum absolute atomic E-state index is 12.1. The molecular weight excluding hydrogens is 444 g/mol. The quantitative estimate of drug-likeness (QED) is 0.351. The molecule has 4 rings (SSSR count). The summed E-state index contributed by atoms with van der Waals surface area (Å²) in [6.07, 6.45) is 9.78. The number of ether oxygens (including phenoxy) is 3. The second kappa shape index (κ2) is 10.0. The van der Waals surface area contributed by atoms with Crippen LogP contribution in [0.4, 0.5) is 0 Å².